The fourth-order valence-corrected chi connectivity index (χ4v) is 4.10. The van der Waals surface area contributed by atoms with Gasteiger partial charge in [0.05, 0.1) is 13.2 Å². The molecule has 130 valence electrons. The standard InChI is InChI=1S/C16H20ClN2O3PS/c1-5-20-23(24,21-6-2)22-16-11(3)12(4)18-15(19-16)13-7-9-14(17)10-8-13/h7-10H,5-6H2,1-4H3. The molecule has 1 heterocycles. The van der Waals surface area contributed by atoms with Crippen molar-refractivity contribution in [1.29, 1.82) is 0 Å². The van der Waals surface area contributed by atoms with Crippen LogP contribution in [0.2, 0.25) is 5.02 Å². The molecule has 0 amide bonds. The van der Waals surface area contributed by atoms with E-state index in [0.29, 0.717) is 29.9 Å². The molecule has 5 nitrogen and oxygen atoms in total. The molecular formula is C16H20ClN2O3PS. The van der Waals surface area contributed by atoms with Crippen LogP contribution in [0.1, 0.15) is 25.1 Å². The number of aryl methyl sites for hydroxylation is 1. The molecule has 0 aliphatic carbocycles. The molecule has 0 spiro atoms. The van der Waals surface area contributed by atoms with Crippen molar-refractivity contribution in [3.05, 3.63) is 40.5 Å². The van der Waals surface area contributed by atoms with Crippen molar-refractivity contribution < 1.29 is 13.6 Å². The Bertz CT molecular complexity index is 746. The van der Waals surface area contributed by atoms with Gasteiger partial charge in [-0.05, 0) is 52.0 Å². The topological polar surface area (TPSA) is 53.5 Å². The van der Waals surface area contributed by atoms with Crippen molar-refractivity contribution in [2.75, 3.05) is 13.2 Å². The molecule has 24 heavy (non-hydrogen) atoms. The number of hydrogen-bond acceptors (Lipinski definition) is 6. The van der Waals surface area contributed by atoms with Gasteiger partial charge in [0.15, 0.2) is 5.82 Å². The van der Waals surface area contributed by atoms with Crippen LogP contribution in [0.25, 0.3) is 11.4 Å². The van der Waals surface area contributed by atoms with Gasteiger partial charge in [-0.25, -0.2) is 4.98 Å². The van der Waals surface area contributed by atoms with E-state index in [2.05, 4.69) is 9.97 Å². The molecule has 0 radical (unpaired) electrons. The fraction of sp³-hybridized carbons (Fsp3) is 0.375. The minimum absolute atomic E-state index is 0.387. The van der Waals surface area contributed by atoms with Gasteiger partial charge >= 0.3 is 6.72 Å². The van der Waals surface area contributed by atoms with E-state index in [-0.39, 0.29) is 0 Å². The maximum Gasteiger partial charge on any atom is 0.381 e. The van der Waals surface area contributed by atoms with Crippen LogP contribution in [-0.2, 0) is 20.9 Å². The number of hydrogen-bond donors (Lipinski definition) is 0. The highest BCUT2D eigenvalue weighted by atomic mass is 35.5. The Morgan fingerprint density at radius 1 is 1.04 bits per heavy atom. The first-order chi connectivity index (χ1) is 11.4. The molecule has 2 aromatic rings. The van der Waals surface area contributed by atoms with Crippen molar-refractivity contribution in [1.82, 2.24) is 9.97 Å². The number of nitrogens with zero attached hydrogens (tertiary/aromatic N) is 2. The van der Waals surface area contributed by atoms with Gasteiger partial charge in [-0.2, -0.15) is 4.98 Å². The first kappa shape index (κ1) is 19.3. The Morgan fingerprint density at radius 3 is 2.17 bits per heavy atom. The third-order valence-electron chi connectivity index (χ3n) is 3.22. The van der Waals surface area contributed by atoms with Gasteiger partial charge in [0.2, 0.25) is 5.88 Å². The van der Waals surface area contributed by atoms with Crippen LogP contribution in [-0.4, -0.2) is 23.2 Å². The second-order valence-corrected chi connectivity index (χ2v) is 8.32. The molecule has 1 aromatic heterocycles. The van der Waals surface area contributed by atoms with E-state index in [0.717, 1.165) is 16.8 Å². The zero-order valence-electron chi connectivity index (χ0n) is 14.1. The molecule has 2 rings (SSSR count). The molecule has 0 atom stereocenters. The lowest BCUT2D eigenvalue weighted by atomic mass is 10.2. The van der Waals surface area contributed by atoms with Crippen LogP contribution in [0.4, 0.5) is 0 Å². The summed E-state index contributed by atoms with van der Waals surface area (Å²) in [6, 6.07) is 7.30. The average Bonchev–Trinajstić information content (AvgIpc) is 2.52. The summed E-state index contributed by atoms with van der Waals surface area (Å²) in [5.41, 5.74) is 2.45. The average molecular weight is 387 g/mol. The number of aromatic nitrogens is 2. The molecule has 0 aliphatic rings. The molecule has 0 N–H and O–H groups in total. The summed E-state index contributed by atoms with van der Waals surface area (Å²) in [6.45, 7) is 5.40. The van der Waals surface area contributed by atoms with E-state index >= 15 is 0 Å². The normalized spacial score (nSPS) is 11.5. The quantitative estimate of drug-likeness (QED) is 0.618. The second-order valence-electron chi connectivity index (χ2n) is 4.94. The Kier molecular flexibility index (Phi) is 6.72. The molecule has 0 saturated heterocycles. The zero-order valence-corrected chi connectivity index (χ0v) is 16.5. The molecule has 0 fully saturated rings. The van der Waals surface area contributed by atoms with Gasteiger partial charge in [-0.1, -0.05) is 11.6 Å². The fourth-order valence-electron chi connectivity index (χ4n) is 1.93. The third kappa shape index (κ3) is 4.74. The van der Waals surface area contributed by atoms with E-state index in [1.807, 2.05) is 39.8 Å². The van der Waals surface area contributed by atoms with Crippen LogP contribution < -0.4 is 4.52 Å². The summed E-state index contributed by atoms with van der Waals surface area (Å²) in [6.07, 6.45) is 0. The maximum atomic E-state index is 5.94. The smallest absolute Gasteiger partial charge is 0.381 e. The van der Waals surface area contributed by atoms with Gasteiger partial charge in [0.1, 0.15) is 0 Å². The highest BCUT2D eigenvalue weighted by Gasteiger charge is 2.24. The van der Waals surface area contributed by atoms with Crippen LogP contribution in [0.3, 0.4) is 0 Å². The van der Waals surface area contributed by atoms with Crippen LogP contribution in [0, 0.1) is 13.8 Å². The number of benzene rings is 1. The predicted molar refractivity (Wildman–Crippen MR) is 100 cm³/mol. The van der Waals surface area contributed by atoms with Crippen LogP contribution in [0.5, 0.6) is 5.88 Å². The van der Waals surface area contributed by atoms with Crippen molar-refractivity contribution >= 4 is 30.1 Å². The molecular weight excluding hydrogens is 367 g/mol. The Balaban J connectivity index is 2.42. The van der Waals surface area contributed by atoms with Gasteiger partial charge < -0.3 is 4.52 Å². The second kappa shape index (κ2) is 8.37. The summed E-state index contributed by atoms with van der Waals surface area (Å²) >= 11 is 11.4. The van der Waals surface area contributed by atoms with Crippen molar-refractivity contribution in [2.45, 2.75) is 27.7 Å². The van der Waals surface area contributed by atoms with Gasteiger partial charge in [-0.15, -0.1) is 0 Å². The van der Waals surface area contributed by atoms with E-state index in [9.17, 15) is 0 Å². The summed E-state index contributed by atoms with van der Waals surface area (Å²) in [4.78, 5) is 9.03. The minimum atomic E-state index is -2.89. The van der Waals surface area contributed by atoms with Gasteiger partial charge in [-0.3, -0.25) is 9.05 Å². The number of halogens is 1. The Hall–Kier alpha value is -1.04. The maximum absolute atomic E-state index is 5.94. The van der Waals surface area contributed by atoms with Crippen molar-refractivity contribution in [3.8, 4) is 17.3 Å². The lowest BCUT2D eigenvalue weighted by molar-refractivity contribution is 0.215. The molecule has 0 unspecified atom stereocenters. The highest BCUT2D eigenvalue weighted by molar-refractivity contribution is 8.07. The molecule has 0 aliphatic heterocycles. The third-order valence-corrected chi connectivity index (χ3v) is 5.87. The monoisotopic (exact) mass is 386 g/mol. The van der Waals surface area contributed by atoms with Crippen LogP contribution in [0.15, 0.2) is 24.3 Å². The zero-order chi connectivity index (χ0) is 17.7. The Labute approximate surface area is 152 Å². The number of rotatable bonds is 7. The van der Waals surface area contributed by atoms with Gasteiger partial charge in [0, 0.05) is 33.7 Å². The molecule has 0 bridgehead atoms. The summed E-state index contributed by atoms with van der Waals surface area (Å²) in [5.74, 6) is 0.928. The SMILES string of the molecule is CCOP(=S)(OCC)Oc1nc(-c2ccc(Cl)cc2)nc(C)c1C. The minimum Gasteiger partial charge on any atom is -0.405 e. The van der Waals surface area contributed by atoms with E-state index in [1.165, 1.54) is 0 Å². The lowest BCUT2D eigenvalue weighted by Gasteiger charge is -2.22. The van der Waals surface area contributed by atoms with E-state index < -0.39 is 6.72 Å². The first-order valence-corrected chi connectivity index (χ1v) is 10.5. The molecule has 0 saturated carbocycles. The van der Waals surface area contributed by atoms with E-state index in [4.69, 9.17) is 37.0 Å². The summed E-state index contributed by atoms with van der Waals surface area (Å²) in [7, 11) is 0. The van der Waals surface area contributed by atoms with Crippen LogP contribution >= 0.6 is 18.3 Å². The highest BCUT2D eigenvalue weighted by Crippen LogP contribution is 2.50. The van der Waals surface area contributed by atoms with Gasteiger partial charge in [0.25, 0.3) is 0 Å². The predicted octanol–water partition coefficient (Wildman–Crippen LogP) is 5.09. The van der Waals surface area contributed by atoms with Crippen molar-refractivity contribution in [2.24, 2.45) is 0 Å². The Morgan fingerprint density at radius 2 is 1.62 bits per heavy atom. The van der Waals surface area contributed by atoms with Crippen molar-refractivity contribution in [3.63, 3.8) is 0 Å². The lowest BCUT2D eigenvalue weighted by Crippen LogP contribution is -2.06. The largest absolute Gasteiger partial charge is 0.405 e. The first-order valence-electron chi connectivity index (χ1n) is 7.58. The molecule has 1 aromatic carbocycles. The summed E-state index contributed by atoms with van der Waals surface area (Å²) in [5, 5.41) is 0.655. The summed E-state index contributed by atoms with van der Waals surface area (Å²) < 4.78 is 17.0. The van der Waals surface area contributed by atoms with E-state index in [1.54, 1.807) is 12.1 Å². The molecule has 8 heteroatoms.